The van der Waals surface area contributed by atoms with Gasteiger partial charge in [-0.25, -0.2) is 4.98 Å². The highest BCUT2D eigenvalue weighted by Gasteiger charge is 2.23. The van der Waals surface area contributed by atoms with Crippen molar-refractivity contribution in [1.82, 2.24) is 15.2 Å². The minimum Gasteiger partial charge on any atom is -0.337 e. The van der Waals surface area contributed by atoms with Crippen LogP contribution in [0, 0.1) is 0 Å². The maximum Gasteiger partial charge on any atom is 0.228 e. The number of rotatable bonds is 3. The molecule has 6 heteroatoms. The number of hydrogen-bond acceptors (Lipinski definition) is 4. The predicted molar refractivity (Wildman–Crippen MR) is 90.3 cm³/mol. The van der Waals surface area contributed by atoms with Crippen molar-refractivity contribution in [1.29, 1.82) is 0 Å². The zero-order chi connectivity index (χ0) is 15.5. The van der Waals surface area contributed by atoms with Crippen LogP contribution in [0.1, 0.15) is 12.6 Å². The molecule has 1 aliphatic rings. The highest BCUT2D eigenvalue weighted by atomic mass is 35.5. The molecule has 0 unspecified atom stereocenters. The van der Waals surface area contributed by atoms with E-state index in [0.29, 0.717) is 11.4 Å². The number of nitrogens with one attached hydrogen (secondary N) is 1. The molecule has 0 saturated carbocycles. The van der Waals surface area contributed by atoms with Gasteiger partial charge in [0.25, 0.3) is 0 Å². The average molecular weight is 336 g/mol. The van der Waals surface area contributed by atoms with Gasteiger partial charge in [-0.2, -0.15) is 0 Å². The first-order valence-corrected chi connectivity index (χ1v) is 8.60. The van der Waals surface area contributed by atoms with E-state index in [2.05, 4.69) is 17.2 Å². The zero-order valence-corrected chi connectivity index (χ0v) is 14.0. The van der Waals surface area contributed by atoms with Gasteiger partial charge in [0, 0.05) is 36.6 Å². The summed E-state index contributed by atoms with van der Waals surface area (Å²) in [6.07, 6.45) is 0.352. The molecule has 1 saturated heterocycles. The van der Waals surface area contributed by atoms with Gasteiger partial charge >= 0.3 is 0 Å². The number of aromatic nitrogens is 1. The SMILES string of the molecule is C[C@H]1CNCCN1C(=O)Cc1csc(-c2ccccc2Cl)n1. The molecule has 0 spiro atoms. The Morgan fingerprint density at radius 1 is 1.50 bits per heavy atom. The van der Waals surface area contributed by atoms with E-state index in [4.69, 9.17) is 11.6 Å². The first-order chi connectivity index (χ1) is 10.6. The smallest absolute Gasteiger partial charge is 0.228 e. The average Bonchev–Trinajstić information content (AvgIpc) is 2.96. The third-order valence-corrected chi connectivity index (χ3v) is 5.06. The highest BCUT2D eigenvalue weighted by Crippen LogP contribution is 2.30. The standard InChI is InChI=1S/C16H18ClN3OS/c1-11-9-18-6-7-20(11)15(21)8-12-10-22-16(19-12)13-4-2-3-5-14(13)17/h2-5,10-11,18H,6-9H2,1H3/t11-/m0/s1. The fraction of sp³-hybridized carbons (Fsp3) is 0.375. The zero-order valence-electron chi connectivity index (χ0n) is 12.4. The second-order valence-corrected chi connectivity index (χ2v) is 6.71. The first kappa shape index (κ1) is 15.5. The number of halogens is 1. The molecule has 1 aliphatic heterocycles. The number of hydrogen-bond donors (Lipinski definition) is 1. The second-order valence-electron chi connectivity index (χ2n) is 5.44. The van der Waals surface area contributed by atoms with E-state index < -0.39 is 0 Å². The van der Waals surface area contributed by atoms with E-state index in [9.17, 15) is 4.79 Å². The Kier molecular flexibility index (Phi) is 4.76. The molecule has 116 valence electrons. The van der Waals surface area contributed by atoms with Crippen molar-refractivity contribution in [2.75, 3.05) is 19.6 Å². The summed E-state index contributed by atoms with van der Waals surface area (Å²) in [5.41, 5.74) is 1.74. The molecule has 2 aromatic rings. The predicted octanol–water partition coefficient (Wildman–Crippen LogP) is 2.83. The maximum absolute atomic E-state index is 12.4. The van der Waals surface area contributed by atoms with Gasteiger partial charge in [-0.15, -0.1) is 11.3 Å². The van der Waals surface area contributed by atoms with Crippen molar-refractivity contribution < 1.29 is 4.79 Å². The summed E-state index contributed by atoms with van der Waals surface area (Å²) < 4.78 is 0. The minimum atomic E-state index is 0.144. The Morgan fingerprint density at radius 2 is 2.32 bits per heavy atom. The third-order valence-electron chi connectivity index (χ3n) is 3.81. The van der Waals surface area contributed by atoms with Crippen molar-refractivity contribution in [3.63, 3.8) is 0 Å². The number of amides is 1. The van der Waals surface area contributed by atoms with Gasteiger partial charge in [0.05, 0.1) is 17.1 Å². The topological polar surface area (TPSA) is 45.2 Å². The van der Waals surface area contributed by atoms with Gasteiger partial charge in [-0.05, 0) is 13.0 Å². The highest BCUT2D eigenvalue weighted by molar-refractivity contribution is 7.13. The Bertz CT molecular complexity index is 673. The summed E-state index contributed by atoms with van der Waals surface area (Å²) >= 11 is 7.73. The van der Waals surface area contributed by atoms with Crippen LogP contribution in [-0.4, -0.2) is 41.5 Å². The van der Waals surface area contributed by atoms with E-state index >= 15 is 0 Å². The van der Waals surface area contributed by atoms with Gasteiger partial charge in [-0.1, -0.05) is 29.8 Å². The van der Waals surface area contributed by atoms with Crippen LogP contribution in [-0.2, 0) is 11.2 Å². The maximum atomic E-state index is 12.4. The van der Waals surface area contributed by atoms with Crippen molar-refractivity contribution in [2.24, 2.45) is 0 Å². The third kappa shape index (κ3) is 3.32. The van der Waals surface area contributed by atoms with Crippen LogP contribution >= 0.6 is 22.9 Å². The molecule has 22 heavy (non-hydrogen) atoms. The number of nitrogens with zero attached hydrogens (tertiary/aromatic N) is 2. The molecule has 2 heterocycles. The molecular weight excluding hydrogens is 318 g/mol. The molecule has 0 bridgehead atoms. The molecule has 1 fully saturated rings. The fourth-order valence-electron chi connectivity index (χ4n) is 2.61. The molecule has 1 atom stereocenters. The molecular formula is C16H18ClN3OS. The molecule has 0 radical (unpaired) electrons. The van der Waals surface area contributed by atoms with Crippen molar-refractivity contribution in [3.8, 4) is 10.6 Å². The van der Waals surface area contributed by atoms with Crippen LogP contribution < -0.4 is 5.32 Å². The van der Waals surface area contributed by atoms with Gasteiger partial charge in [0.15, 0.2) is 0 Å². The fourth-order valence-corrected chi connectivity index (χ4v) is 3.75. The Morgan fingerprint density at radius 3 is 3.09 bits per heavy atom. The van der Waals surface area contributed by atoms with Gasteiger partial charge in [0.1, 0.15) is 5.01 Å². The number of thiazole rings is 1. The molecule has 1 aromatic heterocycles. The van der Waals surface area contributed by atoms with Gasteiger partial charge < -0.3 is 10.2 Å². The summed E-state index contributed by atoms with van der Waals surface area (Å²) in [7, 11) is 0. The molecule has 3 rings (SSSR count). The number of benzene rings is 1. The summed E-state index contributed by atoms with van der Waals surface area (Å²) in [4.78, 5) is 18.9. The van der Waals surface area contributed by atoms with Crippen LogP contribution in [0.4, 0.5) is 0 Å². The van der Waals surface area contributed by atoms with Crippen LogP contribution in [0.15, 0.2) is 29.6 Å². The van der Waals surface area contributed by atoms with Crippen LogP contribution in [0.25, 0.3) is 10.6 Å². The van der Waals surface area contributed by atoms with E-state index in [1.54, 1.807) is 0 Å². The second kappa shape index (κ2) is 6.77. The van der Waals surface area contributed by atoms with Crippen LogP contribution in [0.2, 0.25) is 5.02 Å². The largest absolute Gasteiger partial charge is 0.337 e. The Balaban J connectivity index is 1.72. The Hall–Kier alpha value is -1.43. The van der Waals surface area contributed by atoms with Crippen molar-refractivity contribution in [3.05, 3.63) is 40.4 Å². The lowest BCUT2D eigenvalue weighted by Gasteiger charge is -2.33. The lowest BCUT2D eigenvalue weighted by molar-refractivity contribution is -0.133. The molecule has 1 N–H and O–H groups in total. The monoisotopic (exact) mass is 335 g/mol. The summed E-state index contributed by atoms with van der Waals surface area (Å²) in [6, 6.07) is 7.88. The normalized spacial score (nSPS) is 18.5. The van der Waals surface area contributed by atoms with E-state index in [1.807, 2.05) is 34.5 Å². The van der Waals surface area contributed by atoms with Gasteiger partial charge in [-0.3, -0.25) is 4.79 Å². The number of carbonyl (C=O) groups excluding carboxylic acids is 1. The van der Waals surface area contributed by atoms with Crippen LogP contribution in [0.3, 0.4) is 0 Å². The number of piperazine rings is 1. The van der Waals surface area contributed by atoms with Crippen molar-refractivity contribution >= 4 is 28.8 Å². The lowest BCUT2D eigenvalue weighted by atomic mass is 10.2. The number of carbonyl (C=O) groups is 1. The van der Waals surface area contributed by atoms with Crippen molar-refractivity contribution in [2.45, 2.75) is 19.4 Å². The summed E-state index contributed by atoms with van der Waals surface area (Å²) in [6.45, 7) is 4.55. The molecule has 1 aromatic carbocycles. The Labute approximate surface area is 139 Å². The summed E-state index contributed by atoms with van der Waals surface area (Å²) in [5.74, 6) is 0.144. The van der Waals surface area contributed by atoms with E-state index in [0.717, 1.165) is 35.9 Å². The first-order valence-electron chi connectivity index (χ1n) is 7.34. The van der Waals surface area contributed by atoms with Crippen LogP contribution in [0.5, 0.6) is 0 Å². The molecule has 4 nitrogen and oxygen atoms in total. The van der Waals surface area contributed by atoms with E-state index in [1.165, 1.54) is 11.3 Å². The molecule has 0 aliphatic carbocycles. The van der Waals surface area contributed by atoms with E-state index in [-0.39, 0.29) is 11.9 Å². The minimum absolute atomic E-state index is 0.144. The summed E-state index contributed by atoms with van der Waals surface area (Å²) in [5, 5.41) is 6.79. The molecule has 1 amide bonds. The van der Waals surface area contributed by atoms with Gasteiger partial charge in [0.2, 0.25) is 5.91 Å². The quantitative estimate of drug-likeness (QED) is 0.938. The lowest BCUT2D eigenvalue weighted by Crippen LogP contribution is -2.52.